The van der Waals surface area contributed by atoms with Crippen molar-refractivity contribution < 1.29 is 9.90 Å². The first kappa shape index (κ1) is 19.4. The Morgan fingerprint density at radius 3 is 2.48 bits per heavy atom. The molecule has 0 fully saturated rings. The quantitative estimate of drug-likeness (QED) is 0.688. The second-order valence-electron chi connectivity index (χ2n) is 7.34. The molecule has 0 aliphatic rings. The van der Waals surface area contributed by atoms with E-state index < -0.39 is 5.54 Å². The summed E-state index contributed by atoms with van der Waals surface area (Å²) < 4.78 is 1.96. The number of carbonyl (C=O) groups excluding carboxylic acids is 1. The van der Waals surface area contributed by atoms with E-state index in [9.17, 15) is 9.90 Å². The lowest BCUT2D eigenvalue weighted by Crippen LogP contribution is -2.40. The first-order chi connectivity index (χ1) is 11.8. The van der Waals surface area contributed by atoms with Crippen molar-refractivity contribution in [2.24, 2.45) is 12.8 Å². The molecule has 0 unspecified atom stereocenters. The van der Waals surface area contributed by atoms with Gasteiger partial charge >= 0.3 is 0 Å². The molecule has 1 heterocycles. The van der Waals surface area contributed by atoms with E-state index >= 15 is 0 Å². The molecule has 2 aromatic rings. The third kappa shape index (κ3) is 5.55. The molecular formula is C21H30N2O2. The van der Waals surface area contributed by atoms with Gasteiger partial charge in [0, 0.05) is 24.7 Å². The summed E-state index contributed by atoms with van der Waals surface area (Å²) in [6.07, 6.45) is 3.76. The van der Waals surface area contributed by atoms with Gasteiger partial charge in [-0.1, -0.05) is 29.8 Å². The Balaban J connectivity index is 1.88. The number of aromatic nitrogens is 1. The van der Waals surface area contributed by atoms with Crippen LogP contribution in [0.3, 0.4) is 0 Å². The molecule has 1 atom stereocenters. The van der Waals surface area contributed by atoms with Gasteiger partial charge in [-0.25, -0.2) is 0 Å². The molecule has 0 radical (unpaired) electrons. The van der Waals surface area contributed by atoms with E-state index in [0.29, 0.717) is 12.8 Å². The minimum atomic E-state index is -0.581. The van der Waals surface area contributed by atoms with Crippen molar-refractivity contribution in [1.82, 2.24) is 4.57 Å². The van der Waals surface area contributed by atoms with Gasteiger partial charge in [-0.15, -0.1) is 0 Å². The van der Waals surface area contributed by atoms with Gasteiger partial charge in [-0.3, -0.25) is 4.79 Å². The van der Waals surface area contributed by atoms with Gasteiger partial charge in [0.25, 0.3) is 0 Å². The topological polar surface area (TPSA) is 68.2 Å². The lowest BCUT2D eigenvalue weighted by atomic mass is 9.97. The zero-order valence-electron chi connectivity index (χ0n) is 15.6. The number of benzene rings is 1. The molecule has 136 valence electrons. The van der Waals surface area contributed by atoms with Crippen LogP contribution in [0, 0.1) is 6.92 Å². The van der Waals surface area contributed by atoms with E-state index in [0.717, 1.165) is 30.7 Å². The van der Waals surface area contributed by atoms with Crippen LogP contribution in [0.2, 0.25) is 0 Å². The number of carbonyl (C=O) groups is 1. The van der Waals surface area contributed by atoms with E-state index in [4.69, 9.17) is 5.73 Å². The van der Waals surface area contributed by atoms with E-state index in [1.807, 2.05) is 30.7 Å². The van der Waals surface area contributed by atoms with Gasteiger partial charge in [0.1, 0.15) is 0 Å². The lowest BCUT2D eigenvalue weighted by Gasteiger charge is -2.21. The molecule has 1 aromatic carbocycles. The van der Waals surface area contributed by atoms with Crippen LogP contribution in [0.4, 0.5) is 0 Å². The van der Waals surface area contributed by atoms with Gasteiger partial charge in [-0.05, 0) is 57.2 Å². The van der Waals surface area contributed by atoms with Crippen molar-refractivity contribution in [3.63, 3.8) is 0 Å². The van der Waals surface area contributed by atoms with Crippen molar-refractivity contribution in [3.8, 4) is 0 Å². The van der Waals surface area contributed by atoms with Crippen molar-refractivity contribution in [3.05, 3.63) is 58.9 Å². The van der Waals surface area contributed by atoms with Gasteiger partial charge in [0.2, 0.25) is 0 Å². The Kier molecular flexibility index (Phi) is 6.57. The van der Waals surface area contributed by atoms with Crippen molar-refractivity contribution in [2.75, 3.05) is 6.61 Å². The average Bonchev–Trinajstić information content (AvgIpc) is 2.96. The van der Waals surface area contributed by atoms with Gasteiger partial charge < -0.3 is 15.4 Å². The largest absolute Gasteiger partial charge is 0.394 e. The molecule has 25 heavy (non-hydrogen) atoms. The summed E-state index contributed by atoms with van der Waals surface area (Å²) >= 11 is 0. The summed E-state index contributed by atoms with van der Waals surface area (Å²) in [6.45, 7) is 3.88. The number of hydrogen-bond donors (Lipinski definition) is 2. The van der Waals surface area contributed by atoms with E-state index in [-0.39, 0.29) is 12.4 Å². The van der Waals surface area contributed by atoms with Crippen LogP contribution >= 0.6 is 0 Å². The number of Topliss-reactive ketones (excluding diaryl/α,β-unsaturated/α-hetero) is 1. The van der Waals surface area contributed by atoms with E-state index in [1.54, 1.807) is 0 Å². The van der Waals surface area contributed by atoms with Crippen LogP contribution in [-0.2, 0) is 19.9 Å². The first-order valence-corrected chi connectivity index (χ1v) is 8.95. The van der Waals surface area contributed by atoms with Crippen LogP contribution in [0.5, 0.6) is 0 Å². The molecule has 0 spiro atoms. The molecule has 3 N–H and O–H groups in total. The summed E-state index contributed by atoms with van der Waals surface area (Å²) in [7, 11) is 1.93. The van der Waals surface area contributed by atoms with Crippen LogP contribution in [0.25, 0.3) is 0 Å². The smallest absolute Gasteiger partial charge is 0.179 e. The highest BCUT2D eigenvalue weighted by atomic mass is 16.3. The molecule has 0 saturated heterocycles. The maximum atomic E-state index is 12.5. The lowest BCUT2D eigenvalue weighted by molar-refractivity contribution is 0.0972. The summed E-state index contributed by atoms with van der Waals surface area (Å²) in [5.41, 5.74) is 9.76. The fraction of sp³-hybridized carbons (Fsp3) is 0.476. The Bertz CT molecular complexity index is 699. The van der Waals surface area contributed by atoms with Crippen molar-refractivity contribution >= 4 is 5.78 Å². The highest BCUT2D eigenvalue weighted by Gasteiger charge is 2.19. The molecule has 0 amide bonds. The maximum absolute atomic E-state index is 12.5. The predicted octanol–water partition coefficient (Wildman–Crippen LogP) is 3.18. The molecule has 2 rings (SSSR count). The number of nitrogens with zero attached hydrogens (tertiary/aromatic N) is 1. The average molecular weight is 342 g/mol. The summed E-state index contributed by atoms with van der Waals surface area (Å²) in [4.78, 5) is 12.5. The normalized spacial score (nSPS) is 13.6. The number of hydrogen-bond acceptors (Lipinski definition) is 3. The second-order valence-corrected chi connectivity index (χ2v) is 7.34. The molecule has 0 bridgehead atoms. The third-order valence-corrected chi connectivity index (χ3v) is 4.81. The molecule has 1 aromatic heterocycles. The number of rotatable bonds is 9. The monoisotopic (exact) mass is 342 g/mol. The minimum absolute atomic E-state index is 0.0395. The summed E-state index contributed by atoms with van der Waals surface area (Å²) in [6, 6.07) is 12.4. The standard InChI is InChI=1S/C21H30N2O2/c1-16-7-9-17(10-8-16)5-4-6-20(25)19-12-11-18(23(19)3)13-14-21(2,22)15-24/h7-12,24H,4-6,13-15,22H2,1-3H3/t21-/m1/s1. The first-order valence-electron chi connectivity index (χ1n) is 8.95. The molecule has 0 aliphatic heterocycles. The third-order valence-electron chi connectivity index (χ3n) is 4.81. The fourth-order valence-corrected chi connectivity index (χ4v) is 2.91. The highest BCUT2D eigenvalue weighted by Crippen LogP contribution is 2.16. The van der Waals surface area contributed by atoms with Gasteiger partial charge in [0.15, 0.2) is 5.78 Å². The molecule has 0 saturated carbocycles. The number of aliphatic hydroxyl groups excluding tert-OH is 1. The van der Waals surface area contributed by atoms with E-state index in [1.165, 1.54) is 11.1 Å². The number of ketones is 1. The van der Waals surface area contributed by atoms with Crippen LogP contribution in [-0.4, -0.2) is 27.6 Å². The van der Waals surface area contributed by atoms with Crippen molar-refractivity contribution in [2.45, 2.75) is 51.5 Å². The van der Waals surface area contributed by atoms with Crippen LogP contribution < -0.4 is 5.73 Å². The molecular weight excluding hydrogens is 312 g/mol. The zero-order chi connectivity index (χ0) is 18.4. The second kappa shape index (κ2) is 8.45. The number of aryl methyl sites for hydroxylation is 3. The maximum Gasteiger partial charge on any atom is 0.179 e. The number of aliphatic hydroxyl groups is 1. The molecule has 0 aliphatic carbocycles. The zero-order valence-corrected chi connectivity index (χ0v) is 15.6. The number of nitrogens with two attached hydrogens (primary N) is 1. The predicted molar refractivity (Wildman–Crippen MR) is 102 cm³/mol. The van der Waals surface area contributed by atoms with Crippen molar-refractivity contribution in [1.29, 1.82) is 0 Å². The van der Waals surface area contributed by atoms with Crippen LogP contribution in [0.15, 0.2) is 36.4 Å². The van der Waals surface area contributed by atoms with Gasteiger partial charge in [0.05, 0.1) is 12.3 Å². The molecule has 4 nitrogen and oxygen atoms in total. The summed E-state index contributed by atoms with van der Waals surface area (Å²) in [5, 5.41) is 9.26. The molecule has 4 heteroatoms. The van der Waals surface area contributed by atoms with Gasteiger partial charge in [-0.2, -0.15) is 0 Å². The Morgan fingerprint density at radius 2 is 1.84 bits per heavy atom. The Labute approximate surface area is 150 Å². The van der Waals surface area contributed by atoms with Crippen LogP contribution in [0.1, 0.15) is 53.5 Å². The SMILES string of the molecule is Cc1ccc(CCCC(=O)c2ccc(CC[C@@](C)(N)CO)n2C)cc1. The summed E-state index contributed by atoms with van der Waals surface area (Å²) in [5.74, 6) is 0.179. The Morgan fingerprint density at radius 1 is 1.16 bits per heavy atom. The highest BCUT2D eigenvalue weighted by molar-refractivity contribution is 5.94. The van der Waals surface area contributed by atoms with E-state index in [2.05, 4.69) is 31.2 Å². The Hall–Kier alpha value is -1.91. The minimum Gasteiger partial charge on any atom is -0.394 e. The fourth-order valence-electron chi connectivity index (χ4n) is 2.91.